The van der Waals surface area contributed by atoms with E-state index in [0.717, 1.165) is 17.4 Å². The van der Waals surface area contributed by atoms with Crippen molar-refractivity contribution in [1.29, 1.82) is 0 Å². The normalized spacial score (nSPS) is 12.3. The molecular formula is C20H23NO5S. The number of anilines is 1. The van der Waals surface area contributed by atoms with Crippen molar-refractivity contribution in [2.24, 2.45) is 0 Å². The molecule has 2 aromatic rings. The number of hydrogen-bond acceptors (Lipinski definition) is 5. The monoisotopic (exact) mass is 389 g/mol. The standard InChI is InChI=1S/C20H23NO5S/c1-13-6-5-7-14(2)18(13)21-19(22)15(3)26-20(23)17-10-8-16(9-11-17)12-27(4,24)25/h5-11,15H,12H2,1-4H3,(H,21,22)/t15-/m1/s1. The fourth-order valence-electron chi connectivity index (χ4n) is 2.56. The highest BCUT2D eigenvalue weighted by atomic mass is 32.2. The fraction of sp³-hybridized carbons (Fsp3) is 0.300. The van der Waals surface area contributed by atoms with Crippen molar-refractivity contribution in [1.82, 2.24) is 0 Å². The van der Waals surface area contributed by atoms with Gasteiger partial charge in [0.1, 0.15) is 0 Å². The van der Waals surface area contributed by atoms with E-state index in [1.54, 1.807) is 12.1 Å². The second-order valence-electron chi connectivity index (χ2n) is 6.57. The Morgan fingerprint density at radius 1 is 1.04 bits per heavy atom. The smallest absolute Gasteiger partial charge is 0.338 e. The van der Waals surface area contributed by atoms with Gasteiger partial charge in [-0.25, -0.2) is 13.2 Å². The van der Waals surface area contributed by atoms with Gasteiger partial charge in [0.15, 0.2) is 15.9 Å². The molecule has 27 heavy (non-hydrogen) atoms. The molecule has 2 aromatic carbocycles. The summed E-state index contributed by atoms with van der Waals surface area (Å²) in [5.41, 5.74) is 3.37. The summed E-state index contributed by atoms with van der Waals surface area (Å²) in [7, 11) is -3.15. The highest BCUT2D eigenvalue weighted by molar-refractivity contribution is 7.89. The van der Waals surface area contributed by atoms with Crippen molar-refractivity contribution in [3.05, 3.63) is 64.7 Å². The zero-order valence-electron chi connectivity index (χ0n) is 15.8. The number of benzene rings is 2. The van der Waals surface area contributed by atoms with Gasteiger partial charge in [-0.15, -0.1) is 0 Å². The van der Waals surface area contributed by atoms with Crippen molar-refractivity contribution in [3.8, 4) is 0 Å². The summed E-state index contributed by atoms with van der Waals surface area (Å²) in [5.74, 6) is -1.17. The van der Waals surface area contributed by atoms with Crippen LogP contribution in [0.1, 0.15) is 34.0 Å². The molecule has 0 heterocycles. The number of hydrogen-bond donors (Lipinski definition) is 1. The van der Waals surface area contributed by atoms with Gasteiger partial charge in [-0.1, -0.05) is 30.3 Å². The highest BCUT2D eigenvalue weighted by Crippen LogP contribution is 2.20. The number of aryl methyl sites for hydroxylation is 2. The molecule has 144 valence electrons. The van der Waals surface area contributed by atoms with E-state index in [-0.39, 0.29) is 11.3 Å². The molecule has 0 aromatic heterocycles. The van der Waals surface area contributed by atoms with E-state index >= 15 is 0 Å². The lowest BCUT2D eigenvalue weighted by Crippen LogP contribution is -2.30. The Morgan fingerprint density at radius 2 is 1.59 bits per heavy atom. The quantitative estimate of drug-likeness (QED) is 0.767. The molecule has 0 radical (unpaired) electrons. The Balaban J connectivity index is 2.01. The van der Waals surface area contributed by atoms with E-state index in [4.69, 9.17) is 4.74 Å². The number of para-hydroxylation sites is 1. The maximum atomic E-state index is 12.3. The zero-order valence-corrected chi connectivity index (χ0v) is 16.6. The van der Waals surface area contributed by atoms with Crippen LogP contribution in [-0.4, -0.2) is 32.7 Å². The first-order chi connectivity index (χ1) is 12.6. The third kappa shape index (κ3) is 5.92. The van der Waals surface area contributed by atoms with Gasteiger partial charge < -0.3 is 10.1 Å². The second-order valence-corrected chi connectivity index (χ2v) is 8.71. The SMILES string of the molecule is Cc1cccc(C)c1NC(=O)[C@@H](C)OC(=O)c1ccc(CS(C)(=O)=O)cc1. The van der Waals surface area contributed by atoms with Crippen molar-refractivity contribution < 1.29 is 22.7 Å². The van der Waals surface area contributed by atoms with Gasteiger partial charge in [-0.2, -0.15) is 0 Å². The maximum Gasteiger partial charge on any atom is 0.338 e. The molecule has 0 aliphatic rings. The topological polar surface area (TPSA) is 89.5 Å². The maximum absolute atomic E-state index is 12.3. The van der Waals surface area contributed by atoms with Crippen LogP contribution in [0.2, 0.25) is 0 Å². The van der Waals surface area contributed by atoms with E-state index in [0.29, 0.717) is 11.3 Å². The first-order valence-electron chi connectivity index (χ1n) is 8.41. The number of carbonyl (C=O) groups excluding carboxylic acids is 2. The average molecular weight is 389 g/mol. The third-order valence-corrected chi connectivity index (χ3v) is 4.86. The van der Waals surface area contributed by atoms with Gasteiger partial charge in [0.2, 0.25) is 0 Å². The van der Waals surface area contributed by atoms with Crippen LogP contribution in [0.3, 0.4) is 0 Å². The van der Waals surface area contributed by atoms with Gasteiger partial charge in [0.05, 0.1) is 11.3 Å². The molecule has 6 nitrogen and oxygen atoms in total. The Labute approximate surface area is 159 Å². The van der Waals surface area contributed by atoms with Crippen LogP contribution in [0.4, 0.5) is 5.69 Å². The van der Waals surface area contributed by atoms with Gasteiger partial charge in [-0.3, -0.25) is 4.79 Å². The zero-order chi connectivity index (χ0) is 20.2. The number of amides is 1. The summed E-state index contributed by atoms with van der Waals surface area (Å²) in [6.45, 7) is 5.27. The molecule has 2 rings (SSSR count). The number of esters is 1. The lowest BCUT2D eigenvalue weighted by Gasteiger charge is -2.16. The van der Waals surface area contributed by atoms with Crippen LogP contribution in [0.5, 0.6) is 0 Å². The summed E-state index contributed by atoms with van der Waals surface area (Å²) in [5, 5.41) is 2.79. The lowest BCUT2D eigenvalue weighted by molar-refractivity contribution is -0.123. The van der Waals surface area contributed by atoms with E-state index in [1.165, 1.54) is 19.1 Å². The largest absolute Gasteiger partial charge is 0.449 e. The highest BCUT2D eigenvalue weighted by Gasteiger charge is 2.20. The third-order valence-electron chi connectivity index (χ3n) is 4.00. The van der Waals surface area contributed by atoms with E-state index in [1.807, 2.05) is 32.0 Å². The number of sulfone groups is 1. The molecule has 0 unspecified atom stereocenters. The Hall–Kier alpha value is -2.67. The molecule has 0 fully saturated rings. The molecule has 1 atom stereocenters. The molecular weight excluding hydrogens is 366 g/mol. The van der Waals surface area contributed by atoms with Gasteiger partial charge in [0, 0.05) is 11.9 Å². The fourth-order valence-corrected chi connectivity index (χ4v) is 3.36. The number of carbonyl (C=O) groups is 2. The minimum atomic E-state index is -3.15. The Kier molecular flexibility index (Phi) is 6.38. The summed E-state index contributed by atoms with van der Waals surface area (Å²) >= 11 is 0. The van der Waals surface area contributed by atoms with Crippen molar-refractivity contribution in [2.75, 3.05) is 11.6 Å². The summed E-state index contributed by atoms with van der Waals surface area (Å²) < 4.78 is 27.8. The van der Waals surface area contributed by atoms with E-state index in [9.17, 15) is 18.0 Å². The van der Waals surface area contributed by atoms with Crippen molar-refractivity contribution >= 4 is 27.4 Å². The van der Waals surface area contributed by atoms with Gasteiger partial charge >= 0.3 is 5.97 Å². The lowest BCUT2D eigenvalue weighted by atomic mass is 10.1. The number of nitrogens with one attached hydrogen (secondary N) is 1. The summed E-state index contributed by atoms with van der Waals surface area (Å²) in [6, 6.07) is 11.8. The first kappa shape index (κ1) is 20.6. The van der Waals surface area contributed by atoms with Gasteiger partial charge in [0.25, 0.3) is 5.91 Å². The molecule has 0 bridgehead atoms. The molecule has 0 aliphatic heterocycles. The van der Waals surface area contributed by atoms with Crippen LogP contribution in [0.25, 0.3) is 0 Å². The predicted molar refractivity (Wildman–Crippen MR) is 104 cm³/mol. The van der Waals surface area contributed by atoms with Crippen LogP contribution < -0.4 is 5.32 Å². The average Bonchev–Trinajstić information content (AvgIpc) is 2.57. The summed E-state index contributed by atoms with van der Waals surface area (Å²) in [6.07, 6.45) is 0.165. The molecule has 1 N–H and O–H groups in total. The molecule has 1 amide bonds. The molecule has 0 saturated carbocycles. The first-order valence-corrected chi connectivity index (χ1v) is 10.5. The number of rotatable bonds is 6. The minimum Gasteiger partial charge on any atom is -0.449 e. The van der Waals surface area contributed by atoms with E-state index in [2.05, 4.69) is 5.32 Å². The van der Waals surface area contributed by atoms with Crippen LogP contribution in [-0.2, 0) is 25.1 Å². The summed E-state index contributed by atoms with van der Waals surface area (Å²) in [4.78, 5) is 24.6. The predicted octanol–water partition coefficient (Wildman–Crippen LogP) is 3.03. The van der Waals surface area contributed by atoms with Crippen LogP contribution in [0.15, 0.2) is 42.5 Å². The number of ether oxygens (including phenoxy) is 1. The van der Waals surface area contributed by atoms with Crippen molar-refractivity contribution in [2.45, 2.75) is 32.6 Å². The van der Waals surface area contributed by atoms with Gasteiger partial charge in [-0.05, 0) is 49.6 Å². The second kappa shape index (κ2) is 8.35. The van der Waals surface area contributed by atoms with Crippen LogP contribution in [0, 0.1) is 13.8 Å². The molecule has 0 saturated heterocycles. The molecule has 7 heteroatoms. The minimum absolute atomic E-state index is 0.100. The molecule has 0 aliphatic carbocycles. The van der Waals surface area contributed by atoms with E-state index < -0.39 is 27.8 Å². The van der Waals surface area contributed by atoms with Crippen LogP contribution >= 0.6 is 0 Å². The Morgan fingerprint density at radius 3 is 2.11 bits per heavy atom. The van der Waals surface area contributed by atoms with Crippen molar-refractivity contribution in [3.63, 3.8) is 0 Å². The Bertz CT molecular complexity index is 929. The molecule has 0 spiro atoms.